The molecular formula is C12H15N3O3. The number of aromatic nitrogens is 1. The molecule has 0 radical (unpaired) electrons. The maximum atomic E-state index is 12.0. The fourth-order valence-electron chi connectivity index (χ4n) is 1.73. The van der Waals surface area contributed by atoms with Gasteiger partial charge < -0.3 is 15.3 Å². The van der Waals surface area contributed by atoms with E-state index < -0.39 is 6.10 Å². The van der Waals surface area contributed by atoms with Gasteiger partial charge in [0.2, 0.25) is 5.91 Å². The SMILES string of the molecule is CC(=O)NCc1cc(C(=O)N2CC(O)C2)ccn1. The molecule has 2 amide bonds. The van der Waals surface area contributed by atoms with Crippen LogP contribution in [0, 0.1) is 0 Å². The summed E-state index contributed by atoms with van der Waals surface area (Å²) in [5.41, 5.74) is 1.16. The third-order valence-corrected chi connectivity index (χ3v) is 2.73. The number of hydrogen-bond donors (Lipinski definition) is 2. The molecule has 18 heavy (non-hydrogen) atoms. The maximum absolute atomic E-state index is 12.0. The van der Waals surface area contributed by atoms with Crippen LogP contribution in [-0.2, 0) is 11.3 Å². The molecule has 1 saturated heterocycles. The zero-order valence-electron chi connectivity index (χ0n) is 10.1. The first kappa shape index (κ1) is 12.5. The number of carbonyl (C=O) groups excluding carboxylic acids is 2. The summed E-state index contributed by atoms with van der Waals surface area (Å²) in [6.07, 6.45) is 1.13. The Morgan fingerprint density at radius 3 is 2.89 bits per heavy atom. The number of carbonyl (C=O) groups is 2. The molecule has 0 unspecified atom stereocenters. The lowest BCUT2D eigenvalue weighted by molar-refractivity contribution is -0.119. The van der Waals surface area contributed by atoms with Crippen LogP contribution in [0.4, 0.5) is 0 Å². The van der Waals surface area contributed by atoms with E-state index in [2.05, 4.69) is 10.3 Å². The molecule has 2 heterocycles. The first-order valence-corrected chi connectivity index (χ1v) is 5.73. The minimum absolute atomic E-state index is 0.119. The van der Waals surface area contributed by atoms with E-state index in [1.807, 2.05) is 0 Å². The molecule has 1 aromatic heterocycles. The first-order chi connectivity index (χ1) is 8.56. The third-order valence-electron chi connectivity index (χ3n) is 2.73. The van der Waals surface area contributed by atoms with E-state index in [4.69, 9.17) is 5.11 Å². The second-order valence-electron chi connectivity index (χ2n) is 4.31. The number of nitrogens with zero attached hydrogens (tertiary/aromatic N) is 2. The molecule has 0 atom stereocenters. The average Bonchev–Trinajstić information content (AvgIpc) is 2.32. The minimum atomic E-state index is -0.408. The van der Waals surface area contributed by atoms with E-state index >= 15 is 0 Å². The molecule has 0 aromatic carbocycles. The normalized spacial score (nSPS) is 15.1. The lowest BCUT2D eigenvalue weighted by Crippen LogP contribution is -2.53. The van der Waals surface area contributed by atoms with E-state index in [9.17, 15) is 9.59 Å². The monoisotopic (exact) mass is 249 g/mol. The van der Waals surface area contributed by atoms with Gasteiger partial charge in [0.15, 0.2) is 0 Å². The molecule has 2 N–H and O–H groups in total. The molecule has 0 spiro atoms. The zero-order chi connectivity index (χ0) is 13.1. The molecule has 0 bridgehead atoms. The van der Waals surface area contributed by atoms with Crippen LogP contribution in [0.1, 0.15) is 23.0 Å². The van der Waals surface area contributed by atoms with Crippen LogP contribution in [0.15, 0.2) is 18.3 Å². The number of amides is 2. The Morgan fingerprint density at radius 2 is 2.28 bits per heavy atom. The Morgan fingerprint density at radius 1 is 1.56 bits per heavy atom. The molecular weight excluding hydrogens is 234 g/mol. The van der Waals surface area contributed by atoms with Crippen LogP contribution in [0.5, 0.6) is 0 Å². The van der Waals surface area contributed by atoms with Gasteiger partial charge in [-0.05, 0) is 12.1 Å². The Labute approximate surface area is 105 Å². The van der Waals surface area contributed by atoms with Gasteiger partial charge in [-0.3, -0.25) is 14.6 Å². The summed E-state index contributed by atoms with van der Waals surface area (Å²) in [4.78, 5) is 28.4. The summed E-state index contributed by atoms with van der Waals surface area (Å²) in [7, 11) is 0. The highest BCUT2D eigenvalue weighted by Gasteiger charge is 2.29. The van der Waals surface area contributed by atoms with Gasteiger partial charge in [-0.25, -0.2) is 0 Å². The highest BCUT2D eigenvalue weighted by molar-refractivity contribution is 5.94. The molecule has 1 fully saturated rings. The van der Waals surface area contributed by atoms with Crippen molar-refractivity contribution in [3.05, 3.63) is 29.6 Å². The van der Waals surface area contributed by atoms with Crippen LogP contribution in [0.25, 0.3) is 0 Å². The standard InChI is InChI=1S/C12H15N3O3/c1-8(16)14-5-10-4-9(2-3-13-10)12(18)15-6-11(17)7-15/h2-4,11,17H,5-7H2,1H3,(H,14,16). The quantitative estimate of drug-likeness (QED) is 0.759. The summed E-state index contributed by atoms with van der Waals surface area (Å²) in [5.74, 6) is -0.258. The summed E-state index contributed by atoms with van der Waals surface area (Å²) in [5, 5.41) is 11.8. The van der Waals surface area contributed by atoms with Crippen molar-refractivity contribution in [1.82, 2.24) is 15.2 Å². The second kappa shape index (κ2) is 5.14. The summed E-state index contributed by atoms with van der Waals surface area (Å²) < 4.78 is 0. The molecule has 0 aliphatic carbocycles. The predicted molar refractivity (Wildman–Crippen MR) is 63.7 cm³/mol. The van der Waals surface area contributed by atoms with E-state index in [1.165, 1.54) is 6.92 Å². The number of nitrogens with one attached hydrogen (secondary N) is 1. The lowest BCUT2D eigenvalue weighted by Gasteiger charge is -2.35. The van der Waals surface area contributed by atoms with Crippen LogP contribution in [0.2, 0.25) is 0 Å². The number of rotatable bonds is 3. The lowest BCUT2D eigenvalue weighted by atomic mass is 10.1. The molecule has 6 nitrogen and oxygen atoms in total. The van der Waals surface area contributed by atoms with E-state index in [-0.39, 0.29) is 11.8 Å². The van der Waals surface area contributed by atoms with Gasteiger partial charge in [-0.1, -0.05) is 0 Å². The number of pyridine rings is 1. The Kier molecular flexibility index (Phi) is 3.57. The number of aliphatic hydroxyl groups excluding tert-OH is 1. The Hall–Kier alpha value is -1.95. The van der Waals surface area contributed by atoms with Gasteiger partial charge in [0.1, 0.15) is 0 Å². The van der Waals surface area contributed by atoms with Gasteiger partial charge in [0.25, 0.3) is 5.91 Å². The van der Waals surface area contributed by atoms with Crippen molar-refractivity contribution in [3.63, 3.8) is 0 Å². The van der Waals surface area contributed by atoms with Crippen molar-refractivity contribution in [2.75, 3.05) is 13.1 Å². The van der Waals surface area contributed by atoms with Crippen LogP contribution >= 0.6 is 0 Å². The van der Waals surface area contributed by atoms with E-state index in [0.29, 0.717) is 30.9 Å². The average molecular weight is 249 g/mol. The third kappa shape index (κ3) is 2.84. The summed E-state index contributed by atoms with van der Waals surface area (Å²) >= 11 is 0. The smallest absolute Gasteiger partial charge is 0.254 e. The molecule has 0 saturated carbocycles. The van der Waals surface area contributed by atoms with Crippen molar-refractivity contribution < 1.29 is 14.7 Å². The highest BCUT2D eigenvalue weighted by atomic mass is 16.3. The van der Waals surface area contributed by atoms with Gasteiger partial charge in [0.05, 0.1) is 18.3 Å². The zero-order valence-corrected chi connectivity index (χ0v) is 10.1. The first-order valence-electron chi connectivity index (χ1n) is 5.73. The van der Waals surface area contributed by atoms with E-state index in [0.717, 1.165) is 0 Å². The number of likely N-dealkylation sites (tertiary alicyclic amines) is 1. The largest absolute Gasteiger partial charge is 0.389 e. The van der Waals surface area contributed by atoms with Gasteiger partial charge in [-0.2, -0.15) is 0 Å². The molecule has 96 valence electrons. The van der Waals surface area contributed by atoms with Gasteiger partial charge in [-0.15, -0.1) is 0 Å². The van der Waals surface area contributed by atoms with Crippen molar-refractivity contribution in [3.8, 4) is 0 Å². The highest BCUT2D eigenvalue weighted by Crippen LogP contribution is 2.13. The van der Waals surface area contributed by atoms with Crippen LogP contribution in [-0.4, -0.2) is 46.0 Å². The topological polar surface area (TPSA) is 82.5 Å². The Bertz CT molecular complexity index is 469. The fourth-order valence-corrected chi connectivity index (χ4v) is 1.73. The van der Waals surface area contributed by atoms with Crippen LogP contribution < -0.4 is 5.32 Å². The molecule has 2 rings (SSSR count). The minimum Gasteiger partial charge on any atom is -0.389 e. The molecule has 1 aliphatic heterocycles. The van der Waals surface area contributed by atoms with E-state index in [1.54, 1.807) is 23.2 Å². The Balaban J connectivity index is 2.02. The van der Waals surface area contributed by atoms with Crippen molar-refractivity contribution in [2.24, 2.45) is 0 Å². The summed E-state index contributed by atoms with van der Waals surface area (Å²) in [6.45, 7) is 2.49. The van der Waals surface area contributed by atoms with Crippen molar-refractivity contribution in [1.29, 1.82) is 0 Å². The number of aliphatic hydroxyl groups is 1. The molecule has 1 aliphatic rings. The van der Waals surface area contributed by atoms with Gasteiger partial charge in [0, 0.05) is 31.8 Å². The molecule has 6 heteroatoms. The fraction of sp³-hybridized carbons (Fsp3) is 0.417. The second-order valence-corrected chi connectivity index (χ2v) is 4.31. The summed E-state index contributed by atoms with van der Waals surface area (Å²) in [6, 6.07) is 3.28. The van der Waals surface area contributed by atoms with Crippen molar-refractivity contribution >= 4 is 11.8 Å². The number of β-amino-alcohol motifs (C(OH)–C–C–N with tert-alkyl or cyclic N) is 1. The van der Waals surface area contributed by atoms with Crippen molar-refractivity contribution in [2.45, 2.75) is 19.6 Å². The molecule has 1 aromatic rings. The predicted octanol–water partition coefficient (Wildman–Crippen LogP) is -0.466. The van der Waals surface area contributed by atoms with Gasteiger partial charge >= 0.3 is 0 Å². The maximum Gasteiger partial charge on any atom is 0.254 e. The number of hydrogen-bond acceptors (Lipinski definition) is 4. The van der Waals surface area contributed by atoms with Crippen LogP contribution in [0.3, 0.4) is 0 Å².